The number of carbonyl (C=O) groups excluding carboxylic acids is 2. The van der Waals surface area contributed by atoms with Crippen LogP contribution in [0.4, 0.5) is 0 Å². The Hall–Kier alpha value is -3.54. The molecule has 0 saturated carbocycles. The molecule has 2 N–H and O–H groups in total. The summed E-state index contributed by atoms with van der Waals surface area (Å²) in [4.78, 5) is 32.6. The largest absolute Gasteiger partial charge is 0.425 e. The minimum atomic E-state index is -0.896. The molecule has 0 amide bonds. The number of para-hydroxylation sites is 2. The summed E-state index contributed by atoms with van der Waals surface area (Å²) in [6, 6.07) is 20.2. The quantitative estimate of drug-likeness (QED) is 0.188. The molecule has 4 aromatic rings. The Morgan fingerprint density at radius 2 is 1.17 bits per heavy atom. The summed E-state index contributed by atoms with van der Waals surface area (Å²) in [5, 5.41) is 2.20. The molecule has 0 aliphatic heterocycles. The molecule has 0 saturated heterocycles. The van der Waals surface area contributed by atoms with Crippen LogP contribution in [0.5, 0.6) is 0 Å². The molecule has 6 nitrogen and oxygen atoms in total. The van der Waals surface area contributed by atoms with Gasteiger partial charge < -0.3 is 19.4 Å². The lowest BCUT2D eigenvalue weighted by atomic mass is 9.85. The number of nitrogens with one attached hydrogen (secondary N) is 2. The molecule has 2 heterocycles. The van der Waals surface area contributed by atoms with Crippen LogP contribution in [0.3, 0.4) is 0 Å². The van der Waals surface area contributed by atoms with Gasteiger partial charge in [0, 0.05) is 39.7 Å². The number of benzene rings is 2. The number of esters is 2. The Balaban J connectivity index is 1.38. The summed E-state index contributed by atoms with van der Waals surface area (Å²) in [6.07, 6.45) is 0.613. The van der Waals surface area contributed by atoms with E-state index in [0.717, 1.165) is 39.6 Å². The molecule has 4 rings (SSSR count). The number of hydrogen-bond acceptors (Lipinski definition) is 4. The van der Waals surface area contributed by atoms with Gasteiger partial charge in [-0.2, -0.15) is 0 Å². The number of fused-ring (bicyclic) bond motifs is 2. The van der Waals surface area contributed by atoms with Gasteiger partial charge in [0.15, 0.2) is 0 Å². The van der Waals surface area contributed by atoms with E-state index in [4.69, 9.17) is 9.47 Å². The van der Waals surface area contributed by atoms with Gasteiger partial charge in [0.2, 0.25) is 6.29 Å². The van der Waals surface area contributed by atoms with E-state index in [9.17, 15) is 9.59 Å². The maximum absolute atomic E-state index is 12.9. The van der Waals surface area contributed by atoms with Crippen molar-refractivity contribution in [3.05, 3.63) is 72.1 Å². The normalized spacial score (nSPS) is 12.4. The summed E-state index contributed by atoms with van der Waals surface area (Å²) in [5.41, 5.74) is 3.06. The van der Waals surface area contributed by atoms with Gasteiger partial charge in [-0.05, 0) is 41.5 Å². The molecule has 0 radical (unpaired) electrons. The Morgan fingerprint density at radius 1 is 0.750 bits per heavy atom. The van der Waals surface area contributed by atoms with E-state index in [0.29, 0.717) is 6.42 Å². The van der Waals surface area contributed by atoms with E-state index in [1.807, 2.05) is 83.1 Å². The SMILES string of the molecule is CCCC(OC(=O)CC(C)(C)c1cc2ccccc2[nH]1)OC(=O)CC(C)(C)c1cc2ccccc2[nH]1. The zero-order valence-electron chi connectivity index (χ0n) is 21.8. The predicted octanol–water partition coefficient (Wildman–Crippen LogP) is 6.90. The zero-order chi connectivity index (χ0) is 25.9. The minimum absolute atomic E-state index is 0.165. The molecule has 0 aliphatic rings. The molecule has 2 aromatic carbocycles. The molecule has 0 bridgehead atoms. The second-order valence-corrected chi connectivity index (χ2v) is 10.9. The molecule has 0 fully saturated rings. The van der Waals surface area contributed by atoms with Gasteiger partial charge in [-0.1, -0.05) is 71.0 Å². The van der Waals surface area contributed by atoms with Crippen molar-refractivity contribution in [2.45, 2.75) is 77.4 Å². The predicted molar refractivity (Wildman–Crippen MR) is 143 cm³/mol. The van der Waals surface area contributed by atoms with Gasteiger partial charge in [-0.15, -0.1) is 0 Å². The molecule has 190 valence electrons. The number of aromatic nitrogens is 2. The van der Waals surface area contributed by atoms with Crippen LogP contribution in [0.25, 0.3) is 21.8 Å². The highest BCUT2D eigenvalue weighted by Gasteiger charge is 2.31. The number of H-pyrrole nitrogens is 2. The molecule has 0 spiro atoms. The van der Waals surface area contributed by atoms with E-state index in [-0.39, 0.29) is 24.8 Å². The summed E-state index contributed by atoms with van der Waals surface area (Å²) in [5.74, 6) is -0.778. The Bertz CT molecular complexity index is 1190. The maximum Gasteiger partial charge on any atom is 0.309 e. The summed E-state index contributed by atoms with van der Waals surface area (Å²) >= 11 is 0. The van der Waals surface area contributed by atoms with Gasteiger partial charge in [-0.3, -0.25) is 9.59 Å². The molecule has 0 aliphatic carbocycles. The van der Waals surface area contributed by atoms with Crippen LogP contribution in [-0.2, 0) is 29.9 Å². The van der Waals surface area contributed by atoms with E-state index in [1.54, 1.807) is 0 Å². The van der Waals surface area contributed by atoms with Crippen molar-refractivity contribution in [2.75, 3.05) is 0 Å². The highest BCUT2D eigenvalue weighted by molar-refractivity contribution is 5.82. The van der Waals surface area contributed by atoms with Crippen LogP contribution in [0.15, 0.2) is 60.7 Å². The van der Waals surface area contributed by atoms with E-state index in [2.05, 4.69) is 22.1 Å². The number of hydrogen-bond donors (Lipinski definition) is 2. The molecule has 0 atom stereocenters. The average molecular weight is 489 g/mol. The molecule has 36 heavy (non-hydrogen) atoms. The lowest BCUT2D eigenvalue weighted by molar-refractivity contribution is -0.190. The smallest absolute Gasteiger partial charge is 0.309 e. The van der Waals surface area contributed by atoms with Crippen molar-refractivity contribution in [2.24, 2.45) is 0 Å². The fraction of sp³-hybridized carbons (Fsp3) is 0.400. The first-order valence-corrected chi connectivity index (χ1v) is 12.6. The second kappa shape index (κ2) is 10.2. The summed E-state index contributed by atoms with van der Waals surface area (Å²) in [7, 11) is 0. The van der Waals surface area contributed by atoms with Crippen LogP contribution in [0.2, 0.25) is 0 Å². The standard InChI is InChI=1S/C30H36N2O4/c1-6-11-28(35-26(33)18-29(2,3)24-16-20-12-7-9-14-22(20)31-24)36-27(34)19-30(4,5)25-17-21-13-8-10-15-23(21)32-25/h7-10,12-17,28,31-32H,6,11,18-19H2,1-5H3. The summed E-state index contributed by atoms with van der Waals surface area (Å²) < 4.78 is 11.3. The Morgan fingerprint density at radius 3 is 1.56 bits per heavy atom. The fourth-order valence-electron chi connectivity index (χ4n) is 4.54. The number of aromatic amines is 2. The lowest BCUT2D eigenvalue weighted by Crippen LogP contribution is -2.31. The third-order valence-corrected chi connectivity index (χ3v) is 6.74. The van der Waals surface area contributed by atoms with Crippen molar-refractivity contribution in [3.63, 3.8) is 0 Å². The van der Waals surface area contributed by atoms with Crippen molar-refractivity contribution < 1.29 is 19.1 Å². The first kappa shape index (κ1) is 25.5. The van der Waals surface area contributed by atoms with Gasteiger partial charge >= 0.3 is 11.9 Å². The van der Waals surface area contributed by atoms with Gasteiger partial charge in [0.25, 0.3) is 0 Å². The van der Waals surface area contributed by atoms with Crippen LogP contribution in [0.1, 0.15) is 71.7 Å². The van der Waals surface area contributed by atoms with Crippen molar-refractivity contribution in [1.29, 1.82) is 0 Å². The van der Waals surface area contributed by atoms with E-state index < -0.39 is 17.1 Å². The molecular formula is C30H36N2O4. The molecule has 0 unspecified atom stereocenters. The number of rotatable bonds is 10. The van der Waals surface area contributed by atoms with Crippen LogP contribution in [-0.4, -0.2) is 28.2 Å². The van der Waals surface area contributed by atoms with Crippen molar-refractivity contribution in [1.82, 2.24) is 9.97 Å². The Labute approximate surface area is 212 Å². The Kier molecular flexibility index (Phi) is 7.25. The number of carbonyl (C=O) groups is 2. The molecule has 2 aromatic heterocycles. The highest BCUT2D eigenvalue weighted by atomic mass is 16.7. The highest BCUT2D eigenvalue weighted by Crippen LogP contribution is 2.32. The monoisotopic (exact) mass is 488 g/mol. The van der Waals surface area contributed by atoms with Crippen LogP contribution in [0, 0.1) is 0 Å². The fourth-order valence-corrected chi connectivity index (χ4v) is 4.54. The minimum Gasteiger partial charge on any atom is -0.425 e. The molecule has 6 heteroatoms. The third-order valence-electron chi connectivity index (χ3n) is 6.74. The van der Waals surface area contributed by atoms with Gasteiger partial charge in [0.1, 0.15) is 0 Å². The van der Waals surface area contributed by atoms with Crippen molar-refractivity contribution in [3.8, 4) is 0 Å². The third kappa shape index (κ3) is 5.81. The second-order valence-electron chi connectivity index (χ2n) is 10.9. The van der Waals surface area contributed by atoms with Gasteiger partial charge in [0.05, 0.1) is 12.8 Å². The van der Waals surface area contributed by atoms with Gasteiger partial charge in [-0.25, -0.2) is 0 Å². The molecular weight excluding hydrogens is 452 g/mol. The van der Waals surface area contributed by atoms with Crippen molar-refractivity contribution >= 4 is 33.7 Å². The van der Waals surface area contributed by atoms with E-state index in [1.165, 1.54) is 0 Å². The zero-order valence-corrected chi connectivity index (χ0v) is 21.8. The van der Waals surface area contributed by atoms with E-state index >= 15 is 0 Å². The topological polar surface area (TPSA) is 84.2 Å². The maximum atomic E-state index is 12.9. The first-order valence-electron chi connectivity index (χ1n) is 12.6. The number of ether oxygens (including phenoxy) is 2. The first-order chi connectivity index (χ1) is 17.1. The van der Waals surface area contributed by atoms with Crippen LogP contribution >= 0.6 is 0 Å². The lowest BCUT2D eigenvalue weighted by Gasteiger charge is -2.26. The van der Waals surface area contributed by atoms with Crippen LogP contribution < -0.4 is 0 Å². The summed E-state index contributed by atoms with van der Waals surface area (Å²) in [6.45, 7) is 9.98. The average Bonchev–Trinajstić information content (AvgIpc) is 3.44.